The Labute approximate surface area is 231 Å². The summed E-state index contributed by atoms with van der Waals surface area (Å²) in [5.41, 5.74) is 2.21. The van der Waals surface area contributed by atoms with Crippen molar-refractivity contribution >= 4 is 5.91 Å². The van der Waals surface area contributed by atoms with Crippen molar-refractivity contribution in [2.75, 3.05) is 6.61 Å². The number of amides is 1. The molecule has 196 valence electrons. The monoisotopic (exact) mass is 594 g/mol. The summed E-state index contributed by atoms with van der Waals surface area (Å²) in [6.07, 6.45) is 18.2. The van der Waals surface area contributed by atoms with Gasteiger partial charge in [-0.2, -0.15) is 0 Å². The zero-order valence-electron chi connectivity index (χ0n) is 22.3. The zero-order valence-corrected chi connectivity index (χ0v) is 24.5. The number of aryl methyl sites for hydroxylation is 1. The average Bonchev–Trinajstić information content (AvgIpc) is 2.83. The molecule has 0 fully saturated rings. The predicted molar refractivity (Wildman–Crippen MR) is 141 cm³/mol. The lowest BCUT2D eigenvalue weighted by atomic mass is 10.1. The number of aromatic nitrogens is 1. The Kier molecular flexibility index (Phi) is 17.5. The van der Waals surface area contributed by atoms with E-state index < -0.39 is 0 Å². The molecule has 0 radical (unpaired) electrons. The number of rotatable bonds is 18. The fraction of sp³-hybridized carbons (Fsp3) is 0.600. The van der Waals surface area contributed by atoms with E-state index >= 15 is 0 Å². The molecule has 1 aromatic heterocycles. The average molecular weight is 595 g/mol. The molecule has 2 aromatic rings. The predicted octanol–water partition coefficient (Wildman–Crippen LogP) is 4.14. The molecule has 0 unspecified atom stereocenters. The van der Waals surface area contributed by atoms with Gasteiger partial charge in [-0.05, 0) is 24.1 Å². The fourth-order valence-electron chi connectivity index (χ4n) is 4.28. The summed E-state index contributed by atoms with van der Waals surface area (Å²) >= 11 is 0. The Morgan fingerprint density at radius 1 is 0.829 bits per heavy atom. The van der Waals surface area contributed by atoms with Crippen LogP contribution in [0.2, 0.25) is 0 Å². The number of halogens is 1. The third-order valence-corrected chi connectivity index (χ3v) is 6.50. The standard InChI is InChI=1S/C30H47N2O2.HI/c1-4-5-6-7-8-9-10-11-12-13-14-17-23-34-30-21-18-19-28(24-30)25-32(27(2)33)26-29-20-15-16-22-31(29)3;/h15-16,18-22,24H,4-14,17,23,25-26H2,1-3H3;1H/q+1;/p-1. The van der Waals surface area contributed by atoms with Gasteiger partial charge in [0.2, 0.25) is 11.6 Å². The van der Waals surface area contributed by atoms with Gasteiger partial charge in [-0.1, -0.05) is 95.8 Å². The molecular weight excluding hydrogens is 547 g/mol. The normalized spacial score (nSPS) is 10.6. The van der Waals surface area contributed by atoms with Crippen molar-refractivity contribution in [2.24, 2.45) is 7.05 Å². The van der Waals surface area contributed by atoms with Gasteiger partial charge in [0, 0.05) is 25.6 Å². The summed E-state index contributed by atoms with van der Waals surface area (Å²) in [4.78, 5) is 14.1. The SMILES string of the molecule is CCCCCCCCCCCCCCOc1cccc(CN(Cc2cccc[n+]2C)C(C)=O)c1.[I-]. The van der Waals surface area contributed by atoms with Gasteiger partial charge in [-0.25, -0.2) is 4.57 Å². The van der Waals surface area contributed by atoms with Crippen LogP contribution in [0.25, 0.3) is 0 Å². The van der Waals surface area contributed by atoms with Gasteiger partial charge >= 0.3 is 0 Å². The summed E-state index contributed by atoms with van der Waals surface area (Å²) in [6, 6.07) is 14.2. The molecule has 0 bridgehead atoms. The number of benzene rings is 1. The van der Waals surface area contributed by atoms with Crippen LogP contribution in [0, 0.1) is 0 Å². The highest BCUT2D eigenvalue weighted by Gasteiger charge is 2.15. The maximum Gasteiger partial charge on any atom is 0.220 e. The molecule has 1 heterocycles. The highest BCUT2D eigenvalue weighted by molar-refractivity contribution is 5.73. The minimum absolute atomic E-state index is 0. The van der Waals surface area contributed by atoms with Crippen LogP contribution in [0.1, 0.15) is 102 Å². The van der Waals surface area contributed by atoms with E-state index in [1.54, 1.807) is 6.92 Å². The van der Waals surface area contributed by atoms with E-state index in [1.165, 1.54) is 70.6 Å². The third-order valence-electron chi connectivity index (χ3n) is 6.50. The van der Waals surface area contributed by atoms with Gasteiger partial charge in [0.25, 0.3) is 0 Å². The molecule has 1 amide bonds. The molecule has 35 heavy (non-hydrogen) atoms. The van der Waals surface area contributed by atoms with Crippen molar-refractivity contribution < 1.29 is 38.1 Å². The van der Waals surface area contributed by atoms with Crippen LogP contribution < -0.4 is 33.3 Å². The van der Waals surface area contributed by atoms with Crippen LogP contribution in [-0.4, -0.2) is 17.4 Å². The van der Waals surface area contributed by atoms with Gasteiger partial charge in [0.05, 0.1) is 6.61 Å². The number of pyridine rings is 1. The Hall–Kier alpha value is -1.63. The quantitative estimate of drug-likeness (QED) is 0.148. The second-order valence-electron chi connectivity index (χ2n) is 9.56. The summed E-state index contributed by atoms with van der Waals surface area (Å²) in [5, 5.41) is 0. The number of hydrogen-bond acceptors (Lipinski definition) is 2. The van der Waals surface area contributed by atoms with Gasteiger partial charge in [-0.3, -0.25) is 4.79 Å². The largest absolute Gasteiger partial charge is 1.00 e. The summed E-state index contributed by atoms with van der Waals surface area (Å²) < 4.78 is 8.07. The molecular formula is C30H47IN2O2. The van der Waals surface area contributed by atoms with Crippen LogP contribution >= 0.6 is 0 Å². The molecule has 0 spiro atoms. The first-order valence-corrected chi connectivity index (χ1v) is 13.5. The Bertz CT molecular complexity index is 828. The first kappa shape index (κ1) is 31.4. The molecule has 1 aromatic carbocycles. The van der Waals surface area contributed by atoms with E-state index in [2.05, 4.69) is 29.7 Å². The minimum atomic E-state index is 0. The van der Waals surface area contributed by atoms with Crippen molar-refractivity contribution in [2.45, 2.75) is 104 Å². The van der Waals surface area contributed by atoms with E-state index in [-0.39, 0.29) is 29.9 Å². The first-order valence-electron chi connectivity index (χ1n) is 13.5. The number of ether oxygens (including phenoxy) is 1. The summed E-state index contributed by atoms with van der Waals surface area (Å²) in [5.74, 6) is 0.973. The molecule has 4 nitrogen and oxygen atoms in total. The van der Waals surface area contributed by atoms with Crippen LogP contribution in [0.5, 0.6) is 5.75 Å². The highest BCUT2D eigenvalue weighted by atomic mass is 127. The van der Waals surface area contributed by atoms with Crippen LogP contribution in [0.4, 0.5) is 0 Å². The van der Waals surface area contributed by atoms with Crippen molar-refractivity contribution in [3.8, 4) is 5.75 Å². The van der Waals surface area contributed by atoms with E-state index in [9.17, 15) is 4.79 Å². The molecule has 0 aliphatic rings. The van der Waals surface area contributed by atoms with E-state index in [4.69, 9.17) is 4.74 Å². The first-order chi connectivity index (χ1) is 16.6. The van der Waals surface area contributed by atoms with Gasteiger partial charge < -0.3 is 33.6 Å². The van der Waals surface area contributed by atoms with Crippen molar-refractivity contribution in [3.63, 3.8) is 0 Å². The molecule has 0 N–H and O–H groups in total. The number of nitrogens with zero attached hydrogens (tertiary/aromatic N) is 2. The molecule has 0 aliphatic carbocycles. The van der Waals surface area contributed by atoms with E-state index in [0.717, 1.165) is 30.0 Å². The highest BCUT2D eigenvalue weighted by Crippen LogP contribution is 2.17. The molecule has 2 rings (SSSR count). The van der Waals surface area contributed by atoms with E-state index in [1.807, 2.05) is 42.4 Å². The molecule has 0 atom stereocenters. The second-order valence-corrected chi connectivity index (χ2v) is 9.56. The lowest BCUT2D eigenvalue weighted by molar-refractivity contribution is -0.680. The van der Waals surface area contributed by atoms with Crippen molar-refractivity contribution in [1.82, 2.24) is 4.90 Å². The van der Waals surface area contributed by atoms with Crippen molar-refractivity contribution in [3.05, 3.63) is 59.9 Å². The Balaban J connectivity index is 0.00000612. The molecule has 0 saturated heterocycles. The molecule has 0 saturated carbocycles. The lowest BCUT2D eigenvalue weighted by Gasteiger charge is -2.20. The number of carbonyl (C=O) groups excluding carboxylic acids is 1. The molecule has 5 heteroatoms. The second kappa shape index (κ2) is 19.5. The number of hydrogen-bond donors (Lipinski definition) is 0. The van der Waals surface area contributed by atoms with Crippen LogP contribution in [0.3, 0.4) is 0 Å². The third kappa shape index (κ3) is 13.9. The van der Waals surface area contributed by atoms with Gasteiger partial charge in [0.1, 0.15) is 19.3 Å². The molecule has 0 aliphatic heterocycles. The number of unbranched alkanes of at least 4 members (excludes halogenated alkanes) is 11. The van der Waals surface area contributed by atoms with Gasteiger partial charge in [0.15, 0.2) is 6.20 Å². The van der Waals surface area contributed by atoms with Crippen LogP contribution in [-0.2, 0) is 24.9 Å². The topological polar surface area (TPSA) is 33.4 Å². The minimum Gasteiger partial charge on any atom is -1.00 e. The number of carbonyl (C=O) groups is 1. The van der Waals surface area contributed by atoms with Crippen molar-refractivity contribution in [1.29, 1.82) is 0 Å². The Morgan fingerprint density at radius 2 is 1.46 bits per heavy atom. The maximum absolute atomic E-state index is 12.2. The summed E-state index contributed by atoms with van der Waals surface area (Å²) in [7, 11) is 2.01. The van der Waals surface area contributed by atoms with Gasteiger partial charge in [-0.15, -0.1) is 0 Å². The van der Waals surface area contributed by atoms with E-state index in [0.29, 0.717) is 13.1 Å². The summed E-state index contributed by atoms with van der Waals surface area (Å²) in [6.45, 7) is 5.85. The lowest BCUT2D eigenvalue weighted by Crippen LogP contribution is -3.00. The Morgan fingerprint density at radius 3 is 2.06 bits per heavy atom. The maximum atomic E-state index is 12.2. The fourth-order valence-corrected chi connectivity index (χ4v) is 4.28. The zero-order chi connectivity index (χ0) is 24.4. The smallest absolute Gasteiger partial charge is 0.220 e. The van der Waals surface area contributed by atoms with Crippen LogP contribution in [0.15, 0.2) is 48.7 Å².